The molecule has 2 N–H and O–H groups in total. The number of aliphatic hydroxyl groups is 1. The SMILES string of the molecule is O=C(O)COc1cccc(-c2ccccc2-c2nn(-c3ccccc3)c(-c3ccccc3)c2CO)c1. The second-order valence-electron chi connectivity index (χ2n) is 8.20. The number of nitrogens with zero attached hydrogens (tertiary/aromatic N) is 2. The average molecular weight is 477 g/mol. The number of hydrogen-bond acceptors (Lipinski definition) is 4. The zero-order chi connectivity index (χ0) is 24.9. The van der Waals surface area contributed by atoms with E-state index in [9.17, 15) is 9.90 Å². The Morgan fingerprint density at radius 2 is 1.42 bits per heavy atom. The highest BCUT2D eigenvalue weighted by molar-refractivity contribution is 5.86. The summed E-state index contributed by atoms with van der Waals surface area (Å²) in [5.41, 5.74) is 6.66. The van der Waals surface area contributed by atoms with Gasteiger partial charge in [-0.15, -0.1) is 0 Å². The molecule has 5 rings (SSSR count). The molecule has 0 radical (unpaired) electrons. The van der Waals surface area contributed by atoms with Gasteiger partial charge < -0.3 is 14.9 Å². The van der Waals surface area contributed by atoms with Crippen LogP contribution < -0.4 is 4.74 Å². The van der Waals surface area contributed by atoms with Crippen molar-refractivity contribution in [2.75, 3.05) is 6.61 Å². The van der Waals surface area contributed by atoms with Gasteiger partial charge in [-0.1, -0.05) is 84.9 Å². The first-order valence-electron chi connectivity index (χ1n) is 11.5. The summed E-state index contributed by atoms with van der Waals surface area (Å²) in [5, 5.41) is 24.6. The Morgan fingerprint density at radius 3 is 2.11 bits per heavy atom. The van der Waals surface area contributed by atoms with Gasteiger partial charge in [-0.2, -0.15) is 5.10 Å². The zero-order valence-corrected chi connectivity index (χ0v) is 19.4. The number of carboxylic acids is 1. The number of carbonyl (C=O) groups is 1. The van der Waals surface area contributed by atoms with E-state index in [2.05, 4.69) is 0 Å². The van der Waals surface area contributed by atoms with Crippen LogP contribution in [0.25, 0.3) is 39.3 Å². The van der Waals surface area contributed by atoms with Gasteiger partial charge in [0.25, 0.3) is 0 Å². The second-order valence-corrected chi connectivity index (χ2v) is 8.20. The topological polar surface area (TPSA) is 84.6 Å². The van der Waals surface area contributed by atoms with Crippen molar-refractivity contribution in [3.63, 3.8) is 0 Å². The van der Waals surface area contributed by atoms with Gasteiger partial charge in [0, 0.05) is 16.7 Å². The van der Waals surface area contributed by atoms with Crippen molar-refractivity contribution < 1.29 is 19.7 Å². The van der Waals surface area contributed by atoms with Gasteiger partial charge in [-0.3, -0.25) is 0 Å². The summed E-state index contributed by atoms with van der Waals surface area (Å²) >= 11 is 0. The fraction of sp³-hybridized carbons (Fsp3) is 0.0667. The van der Waals surface area contributed by atoms with Crippen molar-refractivity contribution in [3.8, 4) is 45.1 Å². The van der Waals surface area contributed by atoms with E-state index >= 15 is 0 Å². The maximum absolute atomic E-state index is 10.9. The number of rotatable bonds is 8. The second kappa shape index (κ2) is 10.3. The Morgan fingerprint density at radius 1 is 0.778 bits per heavy atom. The summed E-state index contributed by atoms with van der Waals surface area (Å²) in [7, 11) is 0. The Kier molecular flexibility index (Phi) is 6.60. The fourth-order valence-electron chi connectivity index (χ4n) is 4.30. The van der Waals surface area contributed by atoms with E-state index in [0.717, 1.165) is 39.2 Å². The van der Waals surface area contributed by atoms with Gasteiger partial charge in [0.05, 0.1) is 23.7 Å². The summed E-state index contributed by atoms with van der Waals surface area (Å²) < 4.78 is 7.27. The number of aliphatic carboxylic acids is 1. The lowest BCUT2D eigenvalue weighted by Crippen LogP contribution is -2.09. The van der Waals surface area contributed by atoms with Crippen LogP contribution >= 0.6 is 0 Å². The molecule has 0 aliphatic carbocycles. The van der Waals surface area contributed by atoms with Gasteiger partial charge >= 0.3 is 5.97 Å². The molecule has 0 saturated carbocycles. The molecule has 0 unspecified atom stereocenters. The molecule has 36 heavy (non-hydrogen) atoms. The van der Waals surface area contributed by atoms with Gasteiger partial charge in [0.15, 0.2) is 6.61 Å². The molecule has 6 nitrogen and oxygen atoms in total. The Labute approximate surface area is 208 Å². The largest absolute Gasteiger partial charge is 0.482 e. The van der Waals surface area contributed by atoms with Crippen molar-refractivity contribution in [2.24, 2.45) is 0 Å². The maximum Gasteiger partial charge on any atom is 0.341 e. The fourth-order valence-corrected chi connectivity index (χ4v) is 4.30. The van der Waals surface area contributed by atoms with Crippen LogP contribution in [0.3, 0.4) is 0 Å². The van der Waals surface area contributed by atoms with Crippen molar-refractivity contribution in [1.29, 1.82) is 0 Å². The number of para-hydroxylation sites is 1. The number of aromatic nitrogens is 2. The molecule has 6 heteroatoms. The van der Waals surface area contributed by atoms with Crippen LogP contribution in [0.5, 0.6) is 5.75 Å². The number of ether oxygens (including phenoxy) is 1. The Balaban J connectivity index is 1.70. The van der Waals surface area contributed by atoms with Crippen LogP contribution in [-0.4, -0.2) is 32.6 Å². The van der Waals surface area contributed by atoms with E-state index in [4.69, 9.17) is 14.9 Å². The summed E-state index contributed by atoms with van der Waals surface area (Å²) in [6.45, 7) is -0.607. The van der Waals surface area contributed by atoms with Crippen molar-refractivity contribution >= 4 is 5.97 Å². The maximum atomic E-state index is 10.9. The van der Waals surface area contributed by atoms with E-state index in [1.807, 2.05) is 108 Å². The summed E-state index contributed by atoms with van der Waals surface area (Å²) in [5.74, 6) is -0.569. The molecular weight excluding hydrogens is 452 g/mol. The third-order valence-corrected chi connectivity index (χ3v) is 5.88. The molecule has 0 aliphatic heterocycles. The third-order valence-electron chi connectivity index (χ3n) is 5.88. The number of hydrogen-bond donors (Lipinski definition) is 2. The molecule has 5 aromatic rings. The lowest BCUT2D eigenvalue weighted by atomic mass is 9.94. The molecule has 0 aliphatic rings. The van der Waals surface area contributed by atoms with Crippen LogP contribution in [0.15, 0.2) is 109 Å². The molecule has 1 aromatic heterocycles. The van der Waals surface area contributed by atoms with E-state index in [0.29, 0.717) is 11.4 Å². The quantitative estimate of drug-likeness (QED) is 0.294. The first-order valence-corrected chi connectivity index (χ1v) is 11.5. The first-order chi connectivity index (χ1) is 17.7. The van der Waals surface area contributed by atoms with Gasteiger partial charge in [0.1, 0.15) is 5.75 Å². The van der Waals surface area contributed by atoms with Crippen LogP contribution in [-0.2, 0) is 11.4 Å². The molecular formula is C30H24N2O4. The Bertz CT molecular complexity index is 1490. The number of aliphatic hydroxyl groups excluding tert-OH is 1. The van der Waals surface area contributed by atoms with E-state index in [1.165, 1.54) is 0 Å². The molecule has 0 bridgehead atoms. The van der Waals surface area contributed by atoms with Gasteiger partial charge in [0.2, 0.25) is 0 Å². The number of carboxylic acid groups (broad SMARTS) is 1. The van der Waals surface area contributed by atoms with Crippen LogP contribution in [0.1, 0.15) is 5.56 Å². The van der Waals surface area contributed by atoms with E-state index in [1.54, 1.807) is 6.07 Å². The predicted molar refractivity (Wildman–Crippen MR) is 139 cm³/mol. The van der Waals surface area contributed by atoms with Crippen molar-refractivity contribution in [3.05, 3.63) is 115 Å². The highest BCUT2D eigenvalue weighted by Crippen LogP contribution is 2.39. The molecule has 0 saturated heterocycles. The molecule has 0 amide bonds. The van der Waals surface area contributed by atoms with Crippen LogP contribution in [0.2, 0.25) is 0 Å². The number of benzene rings is 4. The third kappa shape index (κ3) is 4.62. The standard InChI is InChI=1S/C30H24N2O4/c33-19-27-29(31-32(23-13-5-2-6-14-23)30(27)21-10-3-1-4-11-21)26-17-8-7-16-25(26)22-12-9-15-24(18-22)36-20-28(34)35/h1-18,33H,19-20H2,(H,34,35). The summed E-state index contributed by atoms with van der Waals surface area (Å²) in [4.78, 5) is 10.9. The van der Waals surface area contributed by atoms with E-state index < -0.39 is 12.6 Å². The normalized spacial score (nSPS) is 10.8. The zero-order valence-electron chi connectivity index (χ0n) is 19.4. The minimum absolute atomic E-state index is 0.192. The smallest absolute Gasteiger partial charge is 0.341 e. The van der Waals surface area contributed by atoms with E-state index in [-0.39, 0.29) is 6.61 Å². The van der Waals surface area contributed by atoms with Crippen LogP contribution in [0.4, 0.5) is 0 Å². The molecule has 178 valence electrons. The molecule has 4 aromatic carbocycles. The van der Waals surface area contributed by atoms with Crippen LogP contribution in [0, 0.1) is 0 Å². The minimum Gasteiger partial charge on any atom is -0.482 e. The summed E-state index contributed by atoms with van der Waals surface area (Å²) in [6, 6.07) is 34.9. The monoisotopic (exact) mass is 476 g/mol. The summed E-state index contributed by atoms with van der Waals surface area (Å²) in [6.07, 6.45) is 0. The van der Waals surface area contributed by atoms with Gasteiger partial charge in [-0.05, 0) is 35.4 Å². The van der Waals surface area contributed by atoms with Crippen molar-refractivity contribution in [1.82, 2.24) is 9.78 Å². The first kappa shape index (κ1) is 23.1. The Hall–Kier alpha value is -4.68. The molecule has 0 spiro atoms. The molecule has 1 heterocycles. The molecule has 0 atom stereocenters. The average Bonchev–Trinajstić information content (AvgIpc) is 3.32. The highest BCUT2D eigenvalue weighted by atomic mass is 16.5. The predicted octanol–water partition coefficient (Wildman–Crippen LogP) is 5.83. The highest BCUT2D eigenvalue weighted by Gasteiger charge is 2.23. The van der Waals surface area contributed by atoms with Crippen molar-refractivity contribution in [2.45, 2.75) is 6.61 Å². The lowest BCUT2D eigenvalue weighted by Gasteiger charge is -2.11. The molecule has 0 fully saturated rings. The van der Waals surface area contributed by atoms with Gasteiger partial charge in [-0.25, -0.2) is 9.48 Å². The lowest BCUT2D eigenvalue weighted by molar-refractivity contribution is -0.139. The minimum atomic E-state index is -1.03.